The molecular formula is C14H14BrNO2. The maximum Gasteiger partial charge on any atom is 0.138 e. The standard InChI is InChI=1S/C14H14BrNO2/c1-16-8-12(14-7-10(17)4-5-18-14)11-6-9(15)2-3-13(11)16/h2-3,6,8,14H,4-5,7H2,1H3. The Morgan fingerprint density at radius 1 is 1.44 bits per heavy atom. The monoisotopic (exact) mass is 307 g/mol. The van der Waals surface area contributed by atoms with Crippen LogP contribution in [0.4, 0.5) is 0 Å². The van der Waals surface area contributed by atoms with E-state index in [9.17, 15) is 4.79 Å². The van der Waals surface area contributed by atoms with Gasteiger partial charge in [-0.3, -0.25) is 4.79 Å². The summed E-state index contributed by atoms with van der Waals surface area (Å²) in [6.07, 6.45) is 3.01. The van der Waals surface area contributed by atoms with Crippen molar-refractivity contribution in [2.75, 3.05) is 6.61 Å². The average Bonchev–Trinajstić information content (AvgIpc) is 2.66. The Bertz CT molecular complexity index is 618. The fourth-order valence-electron chi connectivity index (χ4n) is 2.53. The number of fused-ring (bicyclic) bond motifs is 1. The SMILES string of the molecule is Cn1cc(C2CC(=O)CCO2)c2cc(Br)ccc21. The summed E-state index contributed by atoms with van der Waals surface area (Å²) in [6, 6.07) is 6.19. The number of rotatable bonds is 1. The minimum atomic E-state index is -0.0933. The van der Waals surface area contributed by atoms with Gasteiger partial charge in [0.05, 0.1) is 12.7 Å². The smallest absolute Gasteiger partial charge is 0.138 e. The minimum Gasteiger partial charge on any atom is -0.373 e. The van der Waals surface area contributed by atoms with E-state index in [0.29, 0.717) is 25.2 Å². The van der Waals surface area contributed by atoms with Crippen molar-refractivity contribution in [1.82, 2.24) is 4.57 Å². The van der Waals surface area contributed by atoms with Gasteiger partial charge in [-0.05, 0) is 18.2 Å². The molecule has 0 saturated carbocycles. The van der Waals surface area contributed by atoms with Crippen LogP contribution in [0.1, 0.15) is 24.5 Å². The predicted molar refractivity (Wildman–Crippen MR) is 73.6 cm³/mol. The van der Waals surface area contributed by atoms with Crippen molar-refractivity contribution >= 4 is 32.6 Å². The Morgan fingerprint density at radius 2 is 2.28 bits per heavy atom. The number of ether oxygens (including phenoxy) is 1. The summed E-state index contributed by atoms with van der Waals surface area (Å²) in [7, 11) is 2.02. The van der Waals surface area contributed by atoms with Crippen LogP contribution in [0.15, 0.2) is 28.9 Å². The molecule has 1 aliphatic rings. The summed E-state index contributed by atoms with van der Waals surface area (Å²) >= 11 is 3.49. The summed E-state index contributed by atoms with van der Waals surface area (Å²) in [4.78, 5) is 11.6. The Labute approximate surface area is 114 Å². The van der Waals surface area contributed by atoms with Crippen LogP contribution in [0.3, 0.4) is 0 Å². The molecule has 18 heavy (non-hydrogen) atoms. The van der Waals surface area contributed by atoms with E-state index in [2.05, 4.69) is 38.8 Å². The molecule has 0 radical (unpaired) electrons. The number of carbonyl (C=O) groups excluding carboxylic acids is 1. The van der Waals surface area contributed by atoms with E-state index in [1.54, 1.807) is 0 Å². The number of Topliss-reactive ketones (excluding diaryl/α,β-unsaturated/α-hetero) is 1. The van der Waals surface area contributed by atoms with E-state index in [0.717, 1.165) is 20.9 Å². The lowest BCUT2D eigenvalue weighted by Crippen LogP contribution is -2.19. The average molecular weight is 308 g/mol. The largest absolute Gasteiger partial charge is 0.373 e. The summed E-state index contributed by atoms with van der Waals surface area (Å²) in [5, 5.41) is 1.16. The van der Waals surface area contributed by atoms with E-state index in [-0.39, 0.29) is 6.10 Å². The molecule has 3 rings (SSSR count). The third kappa shape index (κ3) is 1.99. The van der Waals surface area contributed by atoms with Crippen LogP contribution in [0, 0.1) is 0 Å². The number of nitrogens with zero attached hydrogens (tertiary/aromatic N) is 1. The summed E-state index contributed by atoms with van der Waals surface area (Å²) in [5.41, 5.74) is 2.27. The summed E-state index contributed by atoms with van der Waals surface area (Å²) < 4.78 is 8.88. The van der Waals surface area contributed by atoms with E-state index in [1.807, 2.05) is 13.1 Å². The van der Waals surface area contributed by atoms with Gasteiger partial charge in [-0.15, -0.1) is 0 Å². The molecule has 94 valence electrons. The van der Waals surface area contributed by atoms with Gasteiger partial charge in [-0.2, -0.15) is 0 Å². The molecule has 2 aromatic rings. The minimum absolute atomic E-state index is 0.0933. The van der Waals surface area contributed by atoms with Crippen LogP contribution in [-0.4, -0.2) is 17.0 Å². The summed E-state index contributed by atoms with van der Waals surface area (Å²) in [6.45, 7) is 0.536. The highest BCUT2D eigenvalue weighted by molar-refractivity contribution is 9.10. The van der Waals surface area contributed by atoms with Crippen molar-refractivity contribution in [2.45, 2.75) is 18.9 Å². The topological polar surface area (TPSA) is 31.2 Å². The van der Waals surface area contributed by atoms with Crippen LogP contribution in [0.2, 0.25) is 0 Å². The van der Waals surface area contributed by atoms with Crippen molar-refractivity contribution in [3.8, 4) is 0 Å². The van der Waals surface area contributed by atoms with Gasteiger partial charge >= 0.3 is 0 Å². The molecule has 0 N–H and O–H groups in total. The zero-order valence-electron chi connectivity index (χ0n) is 10.1. The first kappa shape index (κ1) is 11.9. The van der Waals surface area contributed by atoms with Crippen LogP contribution in [-0.2, 0) is 16.6 Å². The van der Waals surface area contributed by atoms with Gasteiger partial charge in [0.1, 0.15) is 5.78 Å². The van der Waals surface area contributed by atoms with Crippen molar-refractivity contribution in [2.24, 2.45) is 7.05 Å². The first-order valence-electron chi connectivity index (χ1n) is 6.03. The molecule has 3 nitrogen and oxygen atoms in total. The quantitative estimate of drug-likeness (QED) is 0.809. The molecule has 1 unspecified atom stereocenters. The third-order valence-corrected chi connectivity index (χ3v) is 3.94. The lowest BCUT2D eigenvalue weighted by Gasteiger charge is -2.21. The normalized spacial score (nSPS) is 20.6. The van der Waals surface area contributed by atoms with E-state index < -0.39 is 0 Å². The van der Waals surface area contributed by atoms with Crippen LogP contribution < -0.4 is 0 Å². The molecular weight excluding hydrogens is 294 g/mol. The number of carbonyl (C=O) groups is 1. The maximum atomic E-state index is 11.6. The van der Waals surface area contributed by atoms with Crippen LogP contribution >= 0.6 is 15.9 Å². The van der Waals surface area contributed by atoms with Crippen molar-refractivity contribution in [3.63, 3.8) is 0 Å². The first-order chi connectivity index (χ1) is 8.65. The Hall–Kier alpha value is -1.13. The Morgan fingerprint density at radius 3 is 3.06 bits per heavy atom. The lowest BCUT2D eigenvalue weighted by atomic mass is 10.00. The van der Waals surface area contributed by atoms with Gasteiger partial charge in [0.25, 0.3) is 0 Å². The number of benzene rings is 1. The van der Waals surface area contributed by atoms with Gasteiger partial charge in [-0.1, -0.05) is 15.9 Å². The second-order valence-electron chi connectivity index (χ2n) is 4.71. The third-order valence-electron chi connectivity index (χ3n) is 3.44. The number of hydrogen-bond donors (Lipinski definition) is 0. The zero-order valence-corrected chi connectivity index (χ0v) is 11.7. The molecule has 1 atom stereocenters. The number of hydrogen-bond acceptors (Lipinski definition) is 2. The van der Waals surface area contributed by atoms with Gasteiger partial charge in [0.2, 0.25) is 0 Å². The van der Waals surface area contributed by atoms with E-state index in [1.165, 1.54) is 0 Å². The Kier molecular flexibility index (Phi) is 2.99. The highest BCUT2D eigenvalue weighted by atomic mass is 79.9. The number of ketones is 1. The molecule has 1 fully saturated rings. The maximum absolute atomic E-state index is 11.6. The van der Waals surface area contributed by atoms with Gasteiger partial charge < -0.3 is 9.30 Å². The van der Waals surface area contributed by atoms with Gasteiger partial charge in [0.15, 0.2) is 0 Å². The fourth-order valence-corrected chi connectivity index (χ4v) is 2.89. The molecule has 0 spiro atoms. The molecule has 1 aliphatic heterocycles. The van der Waals surface area contributed by atoms with Crippen molar-refractivity contribution in [1.29, 1.82) is 0 Å². The van der Waals surface area contributed by atoms with Crippen LogP contribution in [0.25, 0.3) is 10.9 Å². The molecule has 4 heteroatoms. The molecule has 1 aromatic carbocycles. The fraction of sp³-hybridized carbons (Fsp3) is 0.357. The van der Waals surface area contributed by atoms with E-state index >= 15 is 0 Å². The second-order valence-corrected chi connectivity index (χ2v) is 5.62. The van der Waals surface area contributed by atoms with E-state index in [4.69, 9.17) is 4.74 Å². The molecule has 0 amide bonds. The van der Waals surface area contributed by atoms with Crippen LogP contribution in [0.5, 0.6) is 0 Å². The number of aromatic nitrogens is 1. The lowest BCUT2D eigenvalue weighted by molar-refractivity contribution is -0.128. The zero-order chi connectivity index (χ0) is 12.7. The van der Waals surface area contributed by atoms with Gasteiger partial charge in [-0.25, -0.2) is 0 Å². The molecule has 2 heterocycles. The second kappa shape index (κ2) is 4.52. The van der Waals surface area contributed by atoms with Crippen molar-refractivity contribution < 1.29 is 9.53 Å². The molecule has 0 aliphatic carbocycles. The predicted octanol–water partition coefficient (Wildman–Crippen LogP) is 3.36. The van der Waals surface area contributed by atoms with Crippen molar-refractivity contribution in [3.05, 3.63) is 34.4 Å². The van der Waals surface area contributed by atoms with Gasteiger partial charge in [0, 0.05) is 47.0 Å². The Balaban J connectivity index is 2.10. The molecule has 0 bridgehead atoms. The first-order valence-corrected chi connectivity index (χ1v) is 6.82. The number of halogens is 1. The highest BCUT2D eigenvalue weighted by Gasteiger charge is 2.24. The molecule has 1 aromatic heterocycles. The summed E-state index contributed by atoms with van der Waals surface area (Å²) in [5.74, 6) is 0.290. The highest BCUT2D eigenvalue weighted by Crippen LogP contribution is 2.34. The number of aryl methyl sites for hydroxylation is 1. The molecule has 1 saturated heterocycles.